The SMILES string of the molecule is O=C(O)CC1(CC(=O)c2cc(F)c(Br)cc2F)CCCC1. The van der Waals surface area contributed by atoms with Gasteiger partial charge in [0.15, 0.2) is 5.78 Å². The summed E-state index contributed by atoms with van der Waals surface area (Å²) in [5.74, 6) is -3.01. The highest BCUT2D eigenvalue weighted by Crippen LogP contribution is 2.45. The van der Waals surface area contributed by atoms with Crippen LogP contribution in [0.25, 0.3) is 0 Å². The summed E-state index contributed by atoms with van der Waals surface area (Å²) < 4.78 is 27.2. The molecule has 0 aliphatic heterocycles. The predicted octanol–water partition coefficient (Wildman–Crippen LogP) is 4.34. The van der Waals surface area contributed by atoms with Gasteiger partial charge in [-0.3, -0.25) is 9.59 Å². The zero-order chi connectivity index (χ0) is 15.6. The Morgan fingerprint density at radius 1 is 1.14 bits per heavy atom. The molecule has 114 valence electrons. The molecule has 0 aromatic heterocycles. The van der Waals surface area contributed by atoms with Crippen molar-refractivity contribution in [3.05, 3.63) is 33.8 Å². The molecule has 1 aliphatic rings. The normalized spacial score (nSPS) is 16.9. The van der Waals surface area contributed by atoms with Gasteiger partial charge in [-0.15, -0.1) is 0 Å². The number of carboxylic acids is 1. The zero-order valence-corrected chi connectivity index (χ0v) is 12.9. The van der Waals surface area contributed by atoms with E-state index in [-0.39, 0.29) is 22.9 Å². The van der Waals surface area contributed by atoms with Crippen molar-refractivity contribution in [2.45, 2.75) is 38.5 Å². The van der Waals surface area contributed by atoms with E-state index >= 15 is 0 Å². The molecular weight excluding hydrogens is 346 g/mol. The quantitative estimate of drug-likeness (QED) is 0.627. The van der Waals surface area contributed by atoms with Gasteiger partial charge >= 0.3 is 5.97 Å². The Morgan fingerprint density at radius 2 is 1.76 bits per heavy atom. The zero-order valence-electron chi connectivity index (χ0n) is 11.3. The molecule has 0 spiro atoms. The maximum absolute atomic E-state index is 13.8. The molecule has 1 aromatic rings. The van der Waals surface area contributed by atoms with Crippen molar-refractivity contribution in [2.75, 3.05) is 0 Å². The maximum Gasteiger partial charge on any atom is 0.303 e. The molecule has 21 heavy (non-hydrogen) atoms. The summed E-state index contributed by atoms with van der Waals surface area (Å²) in [5.41, 5.74) is -0.939. The molecule has 0 saturated heterocycles. The van der Waals surface area contributed by atoms with Crippen LogP contribution in [0.3, 0.4) is 0 Å². The van der Waals surface area contributed by atoms with E-state index in [4.69, 9.17) is 5.11 Å². The molecule has 6 heteroatoms. The number of rotatable bonds is 5. The van der Waals surface area contributed by atoms with Gasteiger partial charge in [-0.25, -0.2) is 8.78 Å². The van der Waals surface area contributed by atoms with Gasteiger partial charge in [0.25, 0.3) is 0 Å². The molecular formula is C15H15BrF2O3. The van der Waals surface area contributed by atoms with Crippen LogP contribution in [0.5, 0.6) is 0 Å². The second-order valence-electron chi connectivity index (χ2n) is 5.62. The monoisotopic (exact) mass is 360 g/mol. The van der Waals surface area contributed by atoms with E-state index in [1.54, 1.807) is 0 Å². The number of carbonyl (C=O) groups excluding carboxylic acids is 1. The van der Waals surface area contributed by atoms with Crippen LogP contribution in [0.2, 0.25) is 0 Å². The summed E-state index contributed by atoms with van der Waals surface area (Å²) in [7, 11) is 0. The Bertz CT molecular complexity index is 581. The number of carbonyl (C=O) groups is 2. The molecule has 3 nitrogen and oxygen atoms in total. The fourth-order valence-corrected chi connectivity index (χ4v) is 3.35. The largest absolute Gasteiger partial charge is 0.481 e. The number of aliphatic carboxylic acids is 1. The first-order chi connectivity index (χ1) is 9.83. The van der Waals surface area contributed by atoms with Gasteiger partial charge in [0.2, 0.25) is 0 Å². The van der Waals surface area contributed by atoms with Gasteiger partial charge in [-0.2, -0.15) is 0 Å². The Morgan fingerprint density at radius 3 is 2.33 bits per heavy atom. The minimum absolute atomic E-state index is 0.0438. The third-order valence-corrected chi connectivity index (χ3v) is 4.64. The van der Waals surface area contributed by atoms with Crippen LogP contribution in [0.4, 0.5) is 8.78 Å². The Hall–Kier alpha value is -1.30. The lowest BCUT2D eigenvalue weighted by Gasteiger charge is -2.26. The van der Waals surface area contributed by atoms with Crippen LogP contribution in [0, 0.1) is 17.0 Å². The minimum atomic E-state index is -0.966. The average molecular weight is 361 g/mol. The van der Waals surface area contributed by atoms with Crippen LogP contribution < -0.4 is 0 Å². The maximum atomic E-state index is 13.8. The molecule has 2 rings (SSSR count). The Kier molecular flexibility index (Phi) is 4.76. The van der Waals surface area contributed by atoms with Gasteiger partial charge in [0, 0.05) is 6.42 Å². The van der Waals surface area contributed by atoms with E-state index in [1.807, 2.05) is 0 Å². The predicted molar refractivity (Wildman–Crippen MR) is 76.2 cm³/mol. The number of benzene rings is 1. The van der Waals surface area contributed by atoms with E-state index in [0.717, 1.165) is 25.0 Å². The highest BCUT2D eigenvalue weighted by Gasteiger charge is 2.38. The van der Waals surface area contributed by atoms with Crippen molar-refractivity contribution in [2.24, 2.45) is 5.41 Å². The van der Waals surface area contributed by atoms with Crippen molar-refractivity contribution in [3.8, 4) is 0 Å². The summed E-state index contributed by atoms with van der Waals surface area (Å²) in [6.07, 6.45) is 2.81. The first-order valence-electron chi connectivity index (χ1n) is 6.72. The fraction of sp³-hybridized carbons (Fsp3) is 0.467. The van der Waals surface area contributed by atoms with Crippen molar-refractivity contribution in [3.63, 3.8) is 0 Å². The summed E-state index contributed by atoms with van der Waals surface area (Å²) in [6.45, 7) is 0. The summed E-state index contributed by atoms with van der Waals surface area (Å²) >= 11 is 2.86. The van der Waals surface area contributed by atoms with Crippen LogP contribution in [-0.4, -0.2) is 16.9 Å². The Labute approximate surface area is 129 Å². The third-order valence-electron chi connectivity index (χ3n) is 4.04. The highest BCUT2D eigenvalue weighted by atomic mass is 79.9. The summed E-state index contributed by atoms with van der Waals surface area (Å²) in [5, 5.41) is 9.01. The lowest BCUT2D eigenvalue weighted by molar-refractivity contribution is -0.139. The lowest BCUT2D eigenvalue weighted by Crippen LogP contribution is -2.25. The van der Waals surface area contributed by atoms with E-state index in [9.17, 15) is 18.4 Å². The lowest BCUT2D eigenvalue weighted by atomic mass is 9.77. The molecule has 0 bridgehead atoms. The standard InChI is InChI=1S/C15H15BrF2O3/c16-10-6-11(17)9(5-12(10)18)13(19)7-15(8-14(20)21)3-1-2-4-15/h5-6H,1-4,7-8H2,(H,20,21). The van der Waals surface area contributed by atoms with Gasteiger partial charge in [0.1, 0.15) is 11.6 Å². The number of ketones is 1. The van der Waals surface area contributed by atoms with Crippen LogP contribution in [-0.2, 0) is 4.79 Å². The van der Waals surface area contributed by atoms with Gasteiger partial charge in [0.05, 0.1) is 16.5 Å². The molecule has 0 unspecified atom stereocenters. The van der Waals surface area contributed by atoms with Gasteiger partial charge in [-0.1, -0.05) is 12.8 Å². The van der Waals surface area contributed by atoms with Gasteiger partial charge in [-0.05, 0) is 46.3 Å². The van der Waals surface area contributed by atoms with Crippen molar-refractivity contribution in [1.29, 1.82) is 0 Å². The van der Waals surface area contributed by atoms with E-state index in [2.05, 4.69) is 15.9 Å². The molecule has 1 aliphatic carbocycles. The second-order valence-corrected chi connectivity index (χ2v) is 6.48. The number of carboxylic acid groups (broad SMARTS) is 1. The Balaban J connectivity index is 2.24. The smallest absolute Gasteiger partial charge is 0.303 e. The second kappa shape index (κ2) is 6.22. The van der Waals surface area contributed by atoms with Crippen molar-refractivity contribution >= 4 is 27.7 Å². The third kappa shape index (κ3) is 3.67. The van der Waals surface area contributed by atoms with Gasteiger partial charge < -0.3 is 5.11 Å². The van der Waals surface area contributed by atoms with E-state index in [0.29, 0.717) is 12.8 Å². The molecule has 1 fully saturated rings. The highest BCUT2D eigenvalue weighted by molar-refractivity contribution is 9.10. The number of halogens is 3. The first-order valence-corrected chi connectivity index (χ1v) is 7.52. The molecule has 1 aromatic carbocycles. The van der Waals surface area contributed by atoms with Crippen molar-refractivity contribution < 1.29 is 23.5 Å². The summed E-state index contributed by atoms with van der Waals surface area (Å²) in [4.78, 5) is 23.2. The molecule has 1 saturated carbocycles. The molecule has 0 heterocycles. The molecule has 0 radical (unpaired) electrons. The minimum Gasteiger partial charge on any atom is -0.481 e. The van der Waals surface area contributed by atoms with Crippen LogP contribution in [0.15, 0.2) is 16.6 Å². The summed E-state index contributed by atoms with van der Waals surface area (Å²) in [6, 6.07) is 1.78. The topological polar surface area (TPSA) is 54.4 Å². The van der Waals surface area contributed by atoms with E-state index < -0.39 is 28.8 Å². The van der Waals surface area contributed by atoms with Crippen molar-refractivity contribution in [1.82, 2.24) is 0 Å². The van der Waals surface area contributed by atoms with Crippen LogP contribution in [0.1, 0.15) is 48.9 Å². The molecule has 0 amide bonds. The number of Topliss-reactive ketones (excluding diaryl/α,β-unsaturated/α-hetero) is 1. The fourth-order valence-electron chi connectivity index (χ4n) is 3.03. The first kappa shape index (κ1) is 16.1. The molecule has 1 N–H and O–H groups in total. The number of hydrogen-bond donors (Lipinski definition) is 1. The van der Waals surface area contributed by atoms with Crippen LogP contribution >= 0.6 is 15.9 Å². The molecule has 0 atom stereocenters. The number of hydrogen-bond acceptors (Lipinski definition) is 2. The average Bonchev–Trinajstić information content (AvgIpc) is 2.80. The van der Waals surface area contributed by atoms with E-state index in [1.165, 1.54) is 0 Å².